The quantitative estimate of drug-likeness (QED) is 0.690. The summed E-state index contributed by atoms with van der Waals surface area (Å²) in [6.07, 6.45) is 0.448. The second kappa shape index (κ2) is 3.75. The van der Waals surface area contributed by atoms with Gasteiger partial charge in [-0.25, -0.2) is 9.36 Å². The number of nitrogens with zero attached hydrogens (tertiary/aromatic N) is 1. The van der Waals surface area contributed by atoms with Crippen molar-refractivity contribution in [1.82, 2.24) is 4.57 Å². The molecule has 0 aliphatic heterocycles. The van der Waals surface area contributed by atoms with Crippen LogP contribution in [0.5, 0.6) is 5.75 Å². The Morgan fingerprint density at radius 2 is 2.38 bits per heavy atom. The minimum absolute atomic E-state index is 0.181. The van der Waals surface area contributed by atoms with Gasteiger partial charge < -0.3 is 9.84 Å². The van der Waals surface area contributed by atoms with Gasteiger partial charge in [0, 0.05) is 6.20 Å². The van der Waals surface area contributed by atoms with Gasteiger partial charge in [0.05, 0.1) is 6.61 Å². The van der Waals surface area contributed by atoms with Gasteiger partial charge in [-0.1, -0.05) is 0 Å². The molecule has 0 aromatic carbocycles. The predicted molar refractivity (Wildman–Crippen MR) is 44.8 cm³/mol. The van der Waals surface area contributed by atoms with Crippen LogP contribution in [0.2, 0.25) is 0 Å². The van der Waals surface area contributed by atoms with Crippen molar-refractivity contribution < 1.29 is 14.6 Å². The topological polar surface area (TPSA) is 68.5 Å². The molecule has 5 heteroatoms. The minimum atomic E-state index is -0.789. The van der Waals surface area contributed by atoms with Gasteiger partial charge in [-0.15, -0.1) is 0 Å². The van der Waals surface area contributed by atoms with Gasteiger partial charge in [-0.2, -0.15) is 0 Å². The van der Waals surface area contributed by atoms with E-state index < -0.39 is 17.4 Å². The Labute approximate surface area is 74.2 Å². The Kier molecular flexibility index (Phi) is 2.69. The first-order valence-electron chi connectivity index (χ1n) is 3.74. The molecule has 0 amide bonds. The second-order valence-corrected chi connectivity index (χ2v) is 2.27. The van der Waals surface area contributed by atoms with Crippen LogP contribution in [-0.2, 0) is 4.74 Å². The summed E-state index contributed by atoms with van der Waals surface area (Å²) in [5.41, 5.74) is -0.777. The standard InChI is InChI=1S/C8H9NO4/c1-2-13-8(12)9-5-3-4-6(10)7(9)11/h3-5,10H,2H2,1H3. The molecule has 0 fully saturated rings. The van der Waals surface area contributed by atoms with Crippen LogP contribution in [0.4, 0.5) is 4.79 Å². The number of hydrogen-bond acceptors (Lipinski definition) is 4. The summed E-state index contributed by atoms with van der Waals surface area (Å²) in [6.45, 7) is 1.81. The number of ether oxygens (including phenoxy) is 1. The number of pyridine rings is 1. The Morgan fingerprint density at radius 3 is 3.00 bits per heavy atom. The lowest BCUT2D eigenvalue weighted by Gasteiger charge is -2.03. The van der Waals surface area contributed by atoms with Gasteiger partial charge in [0.15, 0.2) is 5.75 Å². The lowest BCUT2D eigenvalue weighted by Crippen LogP contribution is -2.26. The lowest BCUT2D eigenvalue weighted by molar-refractivity contribution is 0.152. The van der Waals surface area contributed by atoms with Crippen LogP contribution in [-0.4, -0.2) is 22.4 Å². The van der Waals surface area contributed by atoms with Crippen molar-refractivity contribution in [3.8, 4) is 5.75 Å². The second-order valence-electron chi connectivity index (χ2n) is 2.27. The molecule has 1 heterocycles. The van der Waals surface area contributed by atoms with Crippen LogP contribution >= 0.6 is 0 Å². The molecule has 1 aromatic rings. The maximum absolute atomic E-state index is 11.1. The van der Waals surface area contributed by atoms with E-state index in [-0.39, 0.29) is 6.61 Å². The van der Waals surface area contributed by atoms with E-state index in [9.17, 15) is 9.59 Å². The highest BCUT2D eigenvalue weighted by atomic mass is 16.5. The van der Waals surface area contributed by atoms with Crippen molar-refractivity contribution in [1.29, 1.82) is 0 Å². The van der Waals surface area contributed by atoms with E-state index in [1.54, 1.807) is 6.92 Å². The predicted octanol–water partition coefficient (Wildman–Crippen LogP) is 0.558. The van der Waals surface area contributed by atoms with Crippen molar-refractivity contribution in [2.45, 2.75) is 6.92 Å². The summed E-state index contributed by atoms with van der Waals surface area (Å²) < 4.78 is 5.28. The number of rotatable bonds is 1. The molecule has 0 bridgehead atoms. The number of carbonyl (C=O) groups excluding carboxylic acids is 1. The van der Waals surface area contributed by atoms with Gasteiger partial charge in [-0.05, 0) is 19.1 Å². The first-order valence-corrected chi connectivity index (χ1v) is 3.74. The maximum atomic E-state index is 11.1. The third-order valence-electron chi connectivity index (χ3n) is 1.39. The maximum Gasteiger partial charge on any atom is 0.421 e. The zero-order valence-corrected chi connectivity index (χ0v) is 7.06. The highest BCUT2D eigenvalue weighted by Crippen LogP contribution is 1.97. The smallest absolute Gasteiger partial charge is 0.421 e. The number of aromatic hydroxyl groups is 1. The largest absolute Gasteiger partial charge is 0.503 e. The first-order chi connectivity index (χ1) is 6.16. The molecule has 0 aliphatic rings. The summed E-state index contributed by atoms with van der Waals surface area (Å²) in [4.78, 5) is 22.1. The molecular formula is C8H9NO4. The van der Waals surface area contributed by atoms with Crippen molar-refractivity contribution in [3.05, 3.63) is 28.7 Å². The summed E-state index contributed by atoms with van der Waals surface area (Å²) >= 11 is 0. The van der Waals surface area contributed by atoms with Crippen LogP contribution < -0.4 is 5.56 Å². The number of hydrogen-bond donors (Lipinski definition) is 1. The van der Waals surface area contributed by atoms with Crippen LogP contribution in [0.3, 0.4) is 0 Å². The average Bonchev–Trinajstić information content (AvgIpc) is 2.10. The first kappa shape index (κ1) is 9.31. The van der Waals surface area contributed by atoms with Crippen molar-refractivity contribution in [3.63, 3.8) is 0 Å². The Balaban J connectivity index is 3.08. The summed E-state index contributed by atoms with van der Waals surface area (Å²) in [6, 6.07) is 2.59. The molecule has 13 heavy (non-hydrogen) atoms. The van der Waals surface area contributed by atoms with E-state index in [1.165, 1.54) is 18.3 Å². The Hall–Kier alpha value is -1.78. The molecule has 0 aliphatic carbocycles. The molecule has 0 saturated carbocycles. The SMILES string of the molecule is CCOC(=O)n1cccc(O)c1=O. The molecule has 1 aromatic heterocycles. The average molecular weight is 183 g/mol. The van der Waals surface area contributed by atoms with Crippen LogP contribution in [0, 0.1) is 0 Å². The molecule has 0 atom stereocenters. The normalized spacial score (nSPS) is 9.62. The number of aromatic nitrogens is 1. The van der Waals surface area contributed by atoms with E-state index >= 15 is 0 Å². The van der Waals surface area contributed by atoms with E-state index in [1.807, 2.05) is 0 Å². The van der Waals surface area contributed by atoms with Crippen LogP contribution in [0.15, 0.2) is 23.1 Å². The molecule has 1 rings (SSSR count). The Bertz CT molecular complexity index is 369. The fourth-order valence-electron chi connectivity index (χ4n) is 0.819. The third-order valence-corrected chi connectivity index (χ3v) is 1.39. The van der Waals surface area contributed by atoms with E-state index in [4.69, 9.17) is 5.11 Å². The fourth-order valence-corrected chi connectivity index (χ4v) is 0.819. The van der Waals surface area contributed by atoms with Crippen LogP contribution in [0.1, 0.15) is 6.92 Å². The molecule has 1 N–H and O–H groups in total. The highest BCUT2D eigenvalue weighted by molar-refractivity contribution is 5.70. The minimum Gasteiger partial charge on any atom is -0.503 e. The van der Waals surface area contributed by atoms with E-state index in [2.05, 4.69) is 4.74 Å². The number of carbonyl (C=O) groups is 1. The molecular weight excluding hydrogens is 174 g/mol. The van der Waals surface area contributed by atoms with Crippen molar-refractivity contribution >= 4 is 6.09 Å². The molecule has 5 nitrogen and oxygen atoms in total. The highest BCUT2D eigenvalue weighted by Gasteiger charge is 2.08. The van der Waals surface area contributed by atoms with Crippen molar-refractivity contribution in [2.75, 3.05) is 6.61 Å². The summed E-state index contributed by atoms with van der Waals surface area (Å²) in [5, 5.41) is 8.98. The summed E-state index contributed by atoms with van der Waals surface area (Å²) in [7, 11) is 0. The van der Waals surface area contributed by atoms with Gasteiger partial charge in [-0.3, -0.25) is 4.79 Å². The van der Waals surface area contributed by atoms with Gasteiger partial charge in [0.25, 0.3) is 0 Å². The molecule has 70 valence electrons. The van der Waals surface area contributed by atoms with Crippen LogP contribution in [0.25, 0.3) is 0 Å². The molecule has 0 radical (unpaired) electrons. The lowest BCUT2D eigenvalue weighted by atomic mass is 10.4. The van der Waals surface area contributed by atoms with E-state index in [0.29, 0.717) is 4.57 Å². The zero-order valence-electron chi connectivity index (χ0n) is 7.06. The third kappa shape index (κ3) is 1.87. The fraction of sp³-hybridized carbons (Fsp3) is 0.250. The van der Waals surface area contributed by atoms with E-state index in [0.717, 1.165) is 0 Å². The molecule has 0 spiro atoms. The zero-order chi connectivity index (χ0) is 9.84. The van der Waals surface area contributed by atoms with Gasteiger partial charge in [0.2, 0.25) is 0 Å². The molecule has 0 unspecified atom stereocenters. The van der Waals surface area contributed by atoms with Gasteiger partial charge in [0.1, 0.15) is 0 Å². The van der Waals surface area contributed by atoms with Gasteiger partial charge >= 0.3 is 11.7 Å². The molecule has 0 saturated heterocycles. The monoisotopic (exact) mass is 183 g/mol. The summed E-state index contributed by atoms with van der Waals surface area (Å²) in [5.74, 6) is -0.476. The van der Waals surface area contributed by atoms with Crippen molar-refractivity contribution in [2.24, 2.45) is 0 Å². The Morgan fingerprint density at radius 1 is 1.69 bits per heavy atom.